The van der Waals surface area contributed by atoms with Gasteiger partial charge in [-0.15, -0.1) is 0 Å². The Morgan fingerprint density at radius 2 is 1.36 bits per heavy atom. The Bertz CT molecular complexity index is 300. The van der Waals surface area contributed by atoms with Crippen LogP contribution in [-0.2, 0) is 0 Å². The average molecular weight is 208 g/mol. The van der Waals surface area contributed by atoms with E-state index in [-0.39, 0.29) is 11.1 Å². The number of allylic oxidation sites excluding steroid dienone is 4. The molecule has 0 saturated carbocycles. The van der Waals surface area contributed by atoms with Gasteiger partial charge in [-0.1, -0.05) is 0 Å². The van der Waals surface area contributed by atoms with Crippen LogP contribution in [0.2, 0.25) is 0 Å². The van der Waals surface area contributed by atoms with E-state index in [4.69, 9.17) is 0 Å². The number of halogens is 4. The van der Waals surface area contributed by atoms with Gasteiger partial charge in [-0.2, -0.15) is 0 Å². The monoisotopic (exact) mass is 208 g/mol. The molecule has 0 radical (unpaired) electrons. The first-order valence-electron chi connectivity index (χ1n) is 4.26. The number of hydrogen-bond donors (Lipinski definition) is 0. The minimum Gasteiger partial charge on any atom is -0.235 e. The lowest BCUT2D eigenvalue weighted by Crippen LogP contribution is -2.47. The van der Waals surface area contributed by atoms with Crippen molar-refractivity contribution in [2.75, 3.05) is 0 Å². The van der Waals surface area contributed by atoms with Crippen LogP contribution in [0.4, 0.5) is 17.6 Å². The summed E-state index contributed by atoms with van der Waals surface area (Å²) in [6, 6.07) is 0. The van der Waals surface area contributed by atoms with Crippen LogP contribution in [-0.4, -0.2) is 11.3 Å². The molecule has 0 aromatic rings. The zero-order valence-corrected chi connectivity index (χ0v) is 8.51. The highest BCUT2D eigenvalue weighted by atomic mass is 19.2. The van der Waals surface area contributed by atoms with Crippen LogP contribution in [0.25, 0.3) is 0 Å². The summed E-state index contributed by atoms with van der Waals surface area (Å²) in [4.78, 5) is 0. The first-order chi connectivity index (χ1) is 6.14. The van der Waals surface area contributed by atoms with E-state index in [0.717, 1.165) is 6.92 Å². The van der Waals surface area contributed by atoms with Gasteiger partial charge in [0.25, 0.3) is 0 Å². The maximum atomic E-state index is 13.8. The van der Waals surface area contributed by atoms with Crippen molar-refractivity contribution in [2.45, 2.75) is 39.0 Å². The van der Waals surface area contributed by atoms with Crippen LogP contribution in [0.5, 0.6) is 0 Å². The Kier molecular flexibility index (Phi) is 2.29. The third-order valence-electron chi connectivity index (χ3n) is 3.08. The fourth-order valence-corrected chi connectivity index (χ4v) is 1.45. The Hall–Kier alpha value is -0.800. The summed E-state index contributed by atoms with van der Waals surface area (Å²) in [6.45, 7) is 4.12. The van der Waals surface area contributed by atoms with E-state index in [0.29, 0.717) is 6.92 Å². The summed E-state index contributed by atoms with van der Waals surface area (Å²) in [7, 11) is 0. The summed E-state index contributed by atoms with van der Waals surface area (Å²) >= 11 is 0. The molecule has 0 aliphatic heterocycles. The van der Waals surface area contributed by atoms with Crippen LogP contribution < -0.4 is 0 Å². The largest absolute Gasteiger partial charge is 0.235 e. The van der Waals surface area contributed by atoms with Gasteiger partial charge < -0.3 is 0 Å². The molecule has 2 unspecified atom stereocenters. The molecule has 0 nitrogen and oxygen atoms in total. The third kappa shape index (κ3) is 1.12. The van der Waals surface area contributed by atoms with Crippen LogP contribution in [0.1, 0.15) is 27.7 Å². The predicted molar refractivity (Wildman–Crippen MR) is 46.6 cm³/mol. The third-order valence-corrected chi connectivity index (χ3v) is 3.08. The van der Waals surface area contributed by atoms with Gasteiger partial charge in [0.05, 0.1) is 0 Å². The molecule has 1 aliphatic carbocycles. The second kappa shape index (κ2) is 2.84. The number of hydrogen-bond acceptors (Lipinski definition) is 0. The second-order valence-electron chi connectivity index (χ2n) is 3.88. The molecule has 0 bridgehead atoms. The first-order valence-corrected chi connectivity index (χ1v) is 4.26. The van der Waals surface area contributed by atoms with Gasteiger partial charge >= 0.3 is 0 Å². The molecule has 2 atom stereocenters. The molecule has 0 spiro atoms. The predicted octanol–water partition coefficient (Wildman–Crippen LogP) is 3.94. The highest BCUT2D eigenvalue weighted by molar-refractivity contribution is 5.45. The zero-order chi connectivity index (χ0) is 11.3. The van der Waals surface area contributed by atoms with Gasteiger partial charge in [0.2, 0.25) is 0 Å². The van der Waals surface area contributed by atoms with Crippen LogP contribution in [0.15, 0.2) is 22.8 Å². The topological polar surface area (TPSA) is 0 Å². The van der Waals surface area contributed by atoms with Crippen molar-refractivity contribution < 1.29 is 17.6 Å². The quantitative estimate of drug-likeness (QED) is 0.529. The van der Waals surface area contributed by atoms with Crippen molar-refractivity contribution >= 4 is 0 Å². The molecule has 1 rings (SSSR count). The fourth-order valence-electron chi connectivity index (χ4n) is 1.45. The van der Waals surface area contributed by atoms with Gasteiger partial charge in [-0.05, 0) is 38.8 Å². The van der Waals surface area contributed by atoms with E-state index >= 15 is 0 Å². The lowest BCUT2D eigenvalue weighted by Gasteiger charge is -2.37. The zero-order valence-electron chi connectivity index (χ0n) is 8.51. The fraction of sp³-hybridized carbons (Fsp3) is 0.600. The second-order valence-corrected chi connectivity index (χ2v) is 3.88. The molecule has 0 aromatic heterocycles. The van der Waals surface area contributed by atoms with Crippen molar-refractivity contribution in [3.8, 4) is 0 Å². The molecule has 0 aromatic carbocycles. The summed E-state index contributed by atoms with van der Waals surface area (Å²) in [5, 5.41) is 0. The maximum Gasteiger partial charge on any atom is 0.199 e. The smallest absolute Gasteiger partial charge is 0.199 e. The summed E-state index contributed by atoms with van der Waals surface area (Å²) < 4.78 is 53.7. The normalized spacial score (nSPS) is 39.4. The van der Waals surface area contributed by atoms with Gasteiger partial charge in [0.15, 0.2) is 23.0 Å². The molecule has 0 amide bonds. The molecule has 14 heavy (non-hydrogen) atoms. The molecular weight excluding hydrogens is 196 g/mol. The molecular formula is C10H12F4. The van der Waals surface area contributed by atoms with Crippen molar-refractivity contribution in [1.29, 1.82) is 0 Å². The van der Waals surface area contributed by atoms with Gasteiger partial charge in [-0.25, -0.2) is 17.6 Å². The van der Waals surface area contributed by atoms with E-state index in [1.54, 1.807) is 0 Å². The molecule has 0 heterocycles. The molecule has 0 saturated heterocycles. The Labute approximate surface area is 80.3 Å². The van der Waals surface area contributed by atoms with Crippen molar-refractivity contribution in [3.05, 3.63) is 22.8 Å². The van der Waals surface area contributed by atoms with Crippen molar-refractivity contribution in [3.63, 3.8) is 0 Å². The summed E-state index contributed by atoms with van der Waals surface area (Å²) in [5.74, 6) is -2.95. The van der Waals surface area contributed by atoms with Crippen molar-refractivity contribution in [1.82, 2.24) is 0 Å². The molecule has 1 aliphatic rings. The van der Waals surface area contributed by atoms with Gasteiger partial charge in [0.1, 0.15) is 0 Å². The Morgan fingerprint density at radius 3 is 1.79 bits per heavy atom. The van der Waals surface area contributed by atoms with E-state index < -0.39 is 23.0 Å². The highest BCUT2D eigenvalue weighted by Crippen LogP contribution is 2.49. The lowest BCUT2D eigenvalue weighted by molar-refractivity contribution is 0.0180. The summed E-state index contributed by atoms with van der Waals surface area (Å²) in [5.41, 5.74) is -5.71. The minimum absolute atomic E-state index is 0.110. The van der Waals surface area contributed by atoms with E-state index in [9.17, 15) is 17.6 Å². The van der Waals surface area contributed by atoms with Gasteiger partial charge in [0, 0.05) is 0 Å². The lowest BCUT2D eigenvalue weighted by atomic mass is 9.76. The van der Waals surface area contributed by atoms with Crippen molar-refractivity contribution in [2.24, 2.45) is 0 Å². The van der Waals surface area contributed by atoms with Crippen LogP contribution >= 0.6 is 0 Å². The maximum absolute atomic E-state index is 13.8. The Balaban J connectivity index is 3.48. The standard InChI is InChI=1S/C10H12F4/c1-5-6(2)9(3,13)10(4,14)8(12)7(5)11/h1-4H3. The van der Waals surface area contributed by atoms with E-state index in [1.807, 2.05) is 0 Å². The highest BCUT2D eigenvalue weighted by Gasteiger charge is 2.55. The molecule has 80 valence electrons. The number of rotatable bonds is 0. The number of alkyl halides is 2. The SMILES string of the molecule is CC1=C(C)C(C)(F)C(C)(F)C(F)=C1F. The summed E-state index contributed by atoms with van der Waals surface area (Å²) in [6.07, 6.45) is 0. The van der Waals surface area contributed by atoms with E-state index in [1.165, 1.54) is 13.8 Å². The van der Waals surface area contributed by atoms with Gasteiger partial charge in [-0.3, -0.25) is 0 Å². The first kappa shape index (κ1) is 11.3. The Morgan fingerprint density at radius 1 is 0.929 bits per heavy atom. The molecule has 0 fully saturated rings. The van der Waals surface area contributed by atoms with Crippen LogP contribution in [0, 0.1) is 0 Å². The van der Waals surface area contributed by atoms with Crippen LogP contribution in [0.3, 0.4) is 0 Å². The molecule has 0 N–H and O–H groups in total. The average Bonchev–Trinajstić information content (AvgIpc) is 2.10. The molecule has 4 heteroatoms. The van der Waals surface area contributed by atoms with E-state index in [2.05, 4.69) is 0 Å². The minimum atomic E-state index is -2.93.